The van der Waals surface area contributed by atoms with Gasteiger partial charge in [-0.25, -0.2) is 0 Å². The van der Waals surface area contributed by atoms with Crippen molar-refractivity contribution in [2.45, 2.75) is 6.54 Å². The molecular formula is C16H23IN6O. The van der Waals surface area contributed by atoms with Crippen LogP contribution in [0.4, 0.5) is 5.69 Å². The van der Waals surface area contributed by atoms with Gasteiger partial charge in [-0.15, -0.1) is 24.0 Å². The Morgan fingerprint density at radius 1 is 1.25 bits per heavy atom. The minimum Gasteiger partial charge on any atom is -0.506 e. The van der Waals surface area contributed by atoms with Gasteiger partial charge in [0.25, 0.3) is 0 Å². The summed E-state index contributed by atoms with van der Waals surface area (Å²) in [6, 6.07) is 9.42. The minimum absolute atomic E-state index is 0. The molecule has 0 aliphatic carbocycles. The van der Waals surface area contributed by atoms with E-state index in [1.54, 1.807) is 19.3 Å². The summed E-state index contributed by atoms with van der Waals surface area (Å²) in [7, 11) is 1.80. The largest absolute Gasteiger partial charge is 0.506 e. The van der Waals surface area contributed by atoms with E-state index in [0.29, 0.717) is 12.3 Å². The lowest BCUT2D eigenvalue weighted by Crippen LogP contribution is -2.52. The second-order valence-corrected chi connectivity index (χ2v) is 5.45. The number of rotatable bonds is 3. The summed E-state index contributed by atoms with van der Waals surface area (Å²) >= 11 is 0. The van der Waals surface area contributed by atoms with Crippen molar-refractivity contribution in [3.8, 4) is 5.75 Å². The van der Waals surface area contributed by atoms with Gasteiger partial charge in [0, 0.05) is 39.4 Å². The van der Waals surface area contributed by atoms with Gasteiger partial charge in [0.1, 0.15) is 5.75 Å². The van der Waals surface area contributed by atoms with Crippen LogP contribution in [0.2, 0.25) is 0 Å². The Balaban J connectivity index is 0.00000208. The van der Waals surface area contributed by atoms with Gasteiger partial charge in [0.2, 0.25) is 0 Å². The average molecular weight is 442 g/mol. The van der Waals surface area contributed by atoms with Gasteiger partial charge in [0.15, 0.2) is 5.96 Å². The van der Waals surface area contributed by atoms with E-state index in [-0.39, 0.29) is 24.0 Å². The van der Waals surface area contributed by atoms with Crippen LogP contribution in [0.25, 0.3) is 0 Å². The number of nitrogens with one attached hydrogen (secondary N) is 2. The van der Waals surface area contributed by atoms with Crippen molar-refractivity contribution in [1.82, 2.24) is 20.4 Å². The van der Waals surface area contributed by atoms with Gasteiger partial charge in [-0.3, -0.25) is 10.1 Å². The molecule has 1 aliphatic rings. The third-order valence-corrected chi connectivity index (χ3v) is 4.01. The first-order chi connectivity index (χ1) is 11.3. The van der Waals surface area contributed by atoms with Crippen molar-refractivity contribution in [1.29, 1.82) is 0 Å². The van der Waals surface area contributed by atoms with Gasteiger partial charge >= 0.3 is 0 Å². The summed E-state index contributed by atoms with van der Waals surface area (Å²) in [4.78, 5) is 8.79. The highest BCUT2D eigenvalue weighted by Crippen LogP contribution is 2.27. The molecule has 0 amide bonds. The maximum absolute atomic E-state index is 9.97. The Kier molecular flexibility index (Phi) is 6.71. The highest BCUT2D eigenvalue weighted by molar-refractivity contribution is 14.0. The van der Waals surface area contributed by atoms with E-state index in [4.69, 9.17) is 0 Å². The molecule has 1 aromatic heterocycles. The van der Waals surface area contributed by atoms with Gasteiger partial charge in [0.05, 0.1) is 17.9 Å². The SMILES string of the molecule is CN=C(NCc1ccn[nH]1)N1CCN(c2ccccc2O)CC1.I. The van der Waals surface area contributed by atoms with Crippen LogP contribution in [0.5, 0.6) is 5.75 Å². The number of aromatic hydroxyl groups is 1. The number of halogens is 1. The van der Waals surface area contributed by atoms with Crippen molar-refractivity contribution in [2.75, 3.05) is 38.1 Å². The Bertz CT molecular complexity index is 652. The number of hydrogen-bond donors (Lipinski definition) is 3. The lowest BCUT2D eigenvalue weighted by atomic mass is 10.2. The van der Waals surface area contributed by atoms with Crippen molar-refractivity contribution < 1.29 is 5.11 Å². The molecule has 0 bridgehead atoms. The van der Waals surface area contributed by atoms with Gasteiger partial charge in [-0.05, 0) is 18.2 Å². The molecule has 8 heteroatoms. The highest BCUT2D eigenvalue weighted by Gasteiger charge is 2.21. The van der Waals surface area contributed by atoms with Crippen LogP contribution >= 0.6 is 24.0 Å². The normalized spacial score (nSPS) is 15.1. The molecule has 0 unspecified atom stereocenters. The number of nitrogens with zero attached hydrogens (tertiary/aromatic N) is 4. The summed E-state index contributed by atoms with van der Waals surface area (Å²) < 4.78 is 0. The number of phenols is 1. The molecule has 24 heavy (non-hydrogen) atoms. The average Bonchev–Trinajstić information content (AvgIpc) is 3.10. The second-order valence-electron chi connectivity index (χ2n) is 5.45. The Labute approximate surface area is 158 Å². The number of H-pyrrole nitrogens is 1. The quantitative estimate of drug-likeness (QED) is 0.383. The van der Waals surface area contributed by atoms with Crippen LogP contribution < -0.4 is 10.2 Å². The van der Waals surface area contributed by atoms with Crippen molar-refractivity contribution in [3.05, 3.63) is 42.2 Å². The fraction of sp³-hybridized carbons (Fsp3) is 0.375. The predicted molar refractivity (Wildman–Crippen MR) is 106 cm³/mol. The molecule has 1 aliphatic heterocycles. The summed E-state index contributed by atoms with van der Waals surface area (Å²) in [5.41, 5.74) is 1.92. The zero-order valence-corrected chi connectivity index (χ0v) is 16.0. The summed E-state index contributed by atoms with van der Waals surface area (Å²) in [6.07, 6.45) is 1.74. The number of aromatic nitrogens is 2. The minimum atomic E-state index is 0. The molecular weight excluding hydrogens is 419 g/mol. The van der Waals surface area contributed by atoms with E-state index in [2.05, 4.69) is 30.3 Å². The number of piperazine rings is 1. The van der Waals surface area contributed by atoms with Crippen molar-refractivity contribution in [3.63, 3.8) is 0 Å². The van der Waals surface area contributed by atoms with Crippen LogP contribution in [-0.4, -0.2) is 59.4 Å². The molecule has 1 aromatic carbocycles. The fourth-order valence-corrected chi connectivity index (χ4v) is 2.78. The Morgan fingerprint density at radius 2 is 2.00 bits per heavy atom. The van der Waals surface area contributed by atoms with E-state index in [0.717, 1.165) is 43.5 Å². The molecule has 0 radical (unpaired) electrons. The number of anilines is 1. The monoisotopic (exact) mass is 442 g/mol. The maximum Gasteiger partial charge on any atom is 0.194 e. The fourth-order valence-electron chi connectivity index (χ4n) is 2.78. The van der Waals surface area contributed by atoms with Crippen LogP contribution in [-0.2, 0) is 6.54 Å². The van der Waals surface area contributed by atoms with Gasteiger partial charge in [-0.1, -0.05) is 12.1 Å². The molecule has 0 atom stereocenters. The van der Waals surface area contributed by atoms with E-state index < -0.39 is 0 Å². The molecule has 3 N–H and O–H groups in total. The smallest absolute Gasteiger partial charge is 0.194 e. The number of phenolic OH excluding ortho intramolecular Hbond substituents is 1. The van der Waals surface area contributed by atoms with Crippen molar-refractivity contribution in [2.24, 2.45) is 4.99 Å². The van der Waals surface area contributed by atoms with E-state index >= 15 is 0 Å². The van der Waals surface area contributed by atoms with E-state index in [1.165, 1.54) is 0 Å². The molecule has 3 rings (SSSR count). The molecule has 1 fully saturated rings. The number of guanidine groups is 1. The predicted octanol–water partition coefficient (Wildman–Crippen LogP) is 1.63. The van der Waals surface area contributed by atoms with Gasteiger partial charge < -0.3 is 20.2 Å². The Hall–Kier alpha value is -1.97. The van der Waals surface area contributed by atoms with Crippen LogP contribution in [0.3, 0.4) is 0 Å². The van der Waals surface area contributed by atoms with Crippen LogP contribution in [0, 0.1) is 0 Å². The Morgan fingerprint density at radius 3 is 2.62 bits per heavy atom. The first-order valence-corrected chi connectivity index (χ1v) is 7.74. The lowest BCUT2D eigenvalue weighted by Gasteiger charge is -2.37. The van der Waals surface area contributed by atoms with Crippen LogP contribution in [0.15, 0.2) is 41.5 Å². The van der Waals surface area contributed by atoms with Gasteiger partial charge in [-0.2, -0.15) is 5.10 Å². The van der Waals surface area contributed by atoms with E-state index in [1.807, 2.05) is 24.3 Å². The summed E-state index contributed by atoms with van der Waals surface area (Å²) in [6.45, 7) is 4.09. The number of para-hydroxylation sites is 2. The summed E-state index contributed by atoms with van der Waals surface area (Å²) in [5.74, 6) is 1.22. The zero-order valence-electron chi connectivity index (χ0n) is 13.6. The first-order valence-electron chi connectivity index (χ1n) is 7.74. The molecule has 0 spiro atoms. The molecule has 130 valence electrons. The molecule has 7 nitrogen and oxygen atoms in total. The number of benzene rings is 1. The first kappa shape index (κ1) is 18.4. The van der Waals surface area contributed by atoms with Crippen LogP contribution in [0.1, 0.15) is 5.69 Å². The topological polar surface area (TPSA) is 79.8 Å². The number of hydrogen-bond acceptors (Lipinski definition) is 4. The third-order valence-electron chi connectivity index (χ3n) is 4.01. The summed E-state index contributed by atoms with van der Waals surface area (Å²) in [5, 5.41) is 20.2. The molecule has 2 aromatic rings. The third kappa shape index (κ3) is 4.31. The standard InChI is InChI=1S/C16H22N6O.HI/c1-17-16(18-12-13-6-7-19-20-13)22-10-8-21(9-11-22)14-4-2-3-5-15(14)23;/h2-7,23H,8-12H2,1H3,(H,17,18)(H,19,20);1H. The molecule has 1 saturated heterocycles. The maximum atomic E-state index is 9.97. The second kappa shape index (κ2) is 8.76. The number of aromatic amines is 1. The number of aliphatic imine (C=N–C) groups is 1. The zero-order chi connectivity index (χ0) is 16.1. The highest BCUT2D eigenvalue weighted by atomic mass is 127. The molecule has 0 saturated carbocycles. The molecule has 2 heterocycles. The lowest BCUT2D eigenvalue weighted by molar-refractivity contribution is 0.369. The van der Waals surface area contributed by atoms with Crippen molar-refractivity contribution >= 4 is 35.6 Å². The van der Waals surface area contributed by atoms with E-state index in [9.17, 15) is 5.11 Å².